The lowest BCUT2D eigenvalue weighted by atomic mass is 10.2. The molecular weight excluding hydrogens is 276 g/mol. The summed E-state index contributed by atoms with van der Waals surface area (Å²) in [7, 11) is 0. The van der Waals surface area contributed by atoms with Gasteiger partial charge in [0.25, 0.3) is 5.91 Å². The van der Waals surface area contributed by atoms with E-state index in [9.17, 15) is 13.6 Å². The number of halogens is 2. The largest absolute Gasteiger partial charge is 0.376 e. The van der Waals surface area contributed by atoms with Crippen molar-refractivity contribution in [3.8, 4) is 0 Å². The minimum Gasteiger partial charge on any atom is -0.376 e. The van der Waals surface area contributed by atoms with Crippen LogP contribution in [0.1, 0.15) is 5.56 Å². The van der Waals surface area contributed by atoms with Crippen LogP contribution in [0.25, 0.3) is 0 Å². The molecule has 0 saturated carbocycles. The van der Waals surface area contributed by atoms with Crippen LogP contribution >= 0.6 is 0 Å². The molecule has 4 nitrogen and oxygen atoms in total. The van der Waals surface area contributed by atoms with Crippen LogP contribution in [0.5, 0.6) is 0 Å². The molecule has 2 aromatic carbocycles. The van der Waals surface area contributed by atoms with E-state index in [0.29, 0.717) is 11.3 Å². The topological polar surface area (TPSA) is 53.5 Å². The maximum absolute atomic E-state index is 12.7. The number of benzene rings is 2. The first kappa shape index (κ1) is 14.6. The van der Waals surface area contributed by atoms with Gasteiger partial charge in [-0.15, -0.1) is 0 Å². The third kappa shape index (κ3) is 5.02. The van der Waals surface area contributed by atoms with E-state index in [1.165, 1.54) is 42.6 Å². The first-order valence-electron chi connectivity index (χ1n) is 6.20. The Labute approximate surface area is 120 Å². The van der Waals surface area contributed by atoms with Crippen LogP contribution < -0.4 is 10.7 Å². The molecule has 0 spiro atoms. The summed E-state index contributed by atoms with van der Waals surface area (Å²) in [5.74, 6) is -1.02. The molecule has 0 radical (unpaired) electrons. The fourth-order valence-corrected chi connectivity index (χ4v) is 1.52. The maximum atomic E-state index is 12.7. The number of rotatable bonds is 5. The minimum atomic E-state index is -0.349. The Morgan fingerprint density at radius 3 is 2.19 bits per heavy atom. The Hall–Kier alpha value is -2.76. The van der Waals surface area contributed by atoms with Crippen molar-refractivity contribution < 1.29 is 13.6 Å². The van der Waals surface area contributed by atoms with Gasteiger partial charge in [0.15, 0.2) is 0 Å². The van der Waals surface area contributed by atoms with Crippen molar-refractivity contribution in [2.75, 3.05) is 11.9 Å². The standard InChI is InChI=1S/C15H13F2N3O/c16-12-3-1-11(2-4-12)9-19-20-15(21)10-18-14-7-5-13(17)6-8-14/h1-9,18H,10H2,(H,20,21)/b19-9-. The highest BCUT2D eigenvalue weighted by molar-refractivity contribution is 5.84. The number of hydrogen-bond acceptors (Lipinski definition) is 3. The monoisotopic (exact) mass is 289 g/mol. The molecule has 1 amide bonds. The van der Waals surface area contributed by atoms with E-state index in [2.05, 4.69) is 15.8 Å². The van der Waals surface area contributed by atoms with Crippen molar-refractivity contribution in [3.63, 3.8) is 0 Å². The molecule has 0 aliphatic heterocycles. The van der Waals surface area contributed by atoms with Gasteiger partial charge in [-0.3, -0.25) is 4.79 Å². The van der Waals surface area contributed by atoms with E-state index in [1.54, 1.807) is 12.1 Å². The number of anilines is 1. The Bertz CT molecular complexity index is 624. The van der Waals surface area contributed by atoms with Gasteiger partial charge in [0.05, 0.1) is 12.8 Å². The van der Waals surface area contributed by atoms with Crippen LogP contribution in [0.3, 0.4) is 0 Å². The van der Waals surface area contributed by atoms with Crippen molar-refractivity contribution >= 4 is 17.8 Å². The number of nitrogens with one attached hydrogen (secondary N) is 2. The molecule has 0 unspecified atom stereocenters. The number of nitrogens with zero attached hydrogens (tertiary/aromatic N) is 1. The zero-order chi connectivity index (χ0) is 15.1. The second kappa shape index (κ2) is 7.14. The normalized spacial score (nSPS) is 10.6. The lowest BCUT2D eigenvalue weighted by Gasteiger charge is -2.04. The highest BCUT2D eigenvalue weighted by Crippen LogP contribution is 2.07. The Kier molecular flexibility index (Phi) is 4.98. The number of hydrogen-bond donors (Lipinski definition) is 2. The van der Waals surface area contributed by atoms with Gasteiger partial charge >= 0.3 is 0 Å². The fourth-order valence-electron chi connectivity index (χ4n) is 1.52. The Morgan fingerprint density at radius 2 is 1.57 bits per heavy atom. The molecule has 0 bridgehead atoms. The molecule has 2 N–H and O–H groups in total. The van der Waals surface area contributed by atoms with Crippen molar-refractivity contribution in [2.45, 2.75) is 0 Å². The van der Waals surface area contributed by atoms with E-state index in [1.807, 2.05) is 0 Å². The summed E-state index contributed by atoms with van der Waals surface area (Å²) in [6.45, 7) is 0.00634. The first-order chi connectivity index (χ1) is 10.1. The predicted molar refractivity (Wildman–Crippen MR) is 77.0 cm³/mol. The average Bonchev–Trinajstić information content (AvgIpc) is 2.49. The van der Waals surface area contributed by atoms with Crippen LogP contribution in [0, 0.1) is 11.6 Å². The molecule has 108 valence electrons. The molecule has 0 aromatic heterocycles. The zero-order valence-electron chi connectivity index (χ0n) is 11.0. The third-order valence-corrected chi connectivity index (χ3v) is 2.57. The SMILES string of the molecule is O=C(CNc1ccc(F)cc1)N/N=C\c1ccc(F)cc1. The van der Waals surface area contributed by atoms with E-state index in [4.69, 9.17) is 0 Å². The van der Waals surface area contributed by atoms with E-state index in [-0.39, 0.29) is 24.1 Å². The van der Waals surface area contributed by atoms with Crippen molar-refractivity contribution in [2.24, 2.45) is 5.10 Å². The molecule has 0 atom stereocenters. The molecule has 2 rings (SSSR count). The third-order valence-electron chi connectivity index (χ3n) is 2.57. The van der Waals surface area contributed by atoms with Crippen LogP contribution in [0.15, 0.2) is 53.6 Å². The highest BCUT2D eigenvalue weighted by atomic mass is 19.1. The average molecular weight is 289 g/mol. The first-order valence-corrected chi connectivity index (χ1v) is 6.20. The summed E-state index contributed by atoms with van der Waals surface area (Å²) in [4.78, 5) is 11.5. The fraction of sp³-hybridized carbons (Fsp3) is 0.0667. The molecule has 2 aromatic rings. The summed E-state index contributed by atoms with van der Waals surface area (Å²) < 4.78 is 25.4. The van der Waals surface area contributed by atoms with Gasteiger partial charge in [0, 0.05) is 5.69 Å². The molecule has 0 fully saturated rings. The predicted octanol–water partition coefficient (Wildman–Crippen LogP) is 2.53. The van der Waals surface area contributed by atoms with Crippen LogP contribution in [-0.2, 0) is 4.79 Å². The van der Waals surface area contributed by atoms with Crippen LogP contribution in [0.2, 0.25) is 0 Å². The van der Waals surface area contributed by atoms with E-state index < -0.39 is 0 Å². The van der Waals surface area contributed by atoms with Gasteiger partial charge in [-0.25, -0.2) is 14.2 Å². The zero-order valence-corrected chi connectivity index (χ0v) is 11.0. The second-order valence-electron chi connectivity index (χ2n) is 4.21. The highest BCUT2D eigenvalue weighted by Gasteiger charge is 1.99. The van der Waals surface area contributed by atoms with Crippen LogP contribution in [-0.4, -0.2) is 18.7 Å². The van der Waals surface area contributed by atoms with Gasteiger partial charge in [-0.1, -0.05) is 12.1 Å². The van der Waals surface area contributed by atoms with Crippen molar-refractivity contribution in [1.29, 1.82) is 0 Å². The minimum absolute atomic E-state index is 0.00634. The Morgan fingerprint density at radius 1 is 1.00 bits per heavy atom. The smallest absolute Gasteiger partial charge is 0.259 e. The maximum Gasteiger partial charge on any atom is 0.259 e. The summed E-state index contributed by atoms with van der Waals surface area (Å²) in [6.07, 6.45) is 1.41. The molecule has 0 saturated heterocycles. The Balaban J connectivity index is 1.77. The van der Waals surface area contributed by atoms with E-state index in [0.717, 1.165) is 0 Å². The summed E-state index contributed by atoms with van der Waals surface area (Å²) in [5.41, 5.74) is 3.63. The summed E-state index contributed by atoms with van der Waals surface area (Å²) >= 11 is 0. The molecule has 0 aliphatic carbocycles. The molecule has 21 heavy (non-hydrogen) atoms. The number of amides is 1. The van der Waals surface area contributed by atoms with Crippen molar-refractivity contribution in [3.05, 3.63) is 65.7 Å². The number of carbonyl (C=O) groups is 1. The molecule has 0 aliphatic rings. The van der Waals surface area contributed by atoms with Gasteiger partial charge in [-0.2, -0.15) is 5.10 Å². The number of hydrazone groups is 1. The summed E-state index contributed by atoms with van der Waals surface area (Å²) in [5, 5.41) is 6.58. The lowest BCUT2D eigenvalue weighted by Crippen LogP contribution is -2.25. The quantitative estimate of drug-likeness (QED) is 0.656. The van der Waals surface area contributed by atoms with Crippen molar-refractivity contribution in [1.82, 2.24) is 5.43 Å². The van der Waals surface area contributed by atoms with Gasteiger partial charge in [-0.05, 0) is 42.0 Å². The van der Waals surface area contributed by atoms with Gasteiger partial charge < -0.3 is 5.32 Å². The second-order valence-corrected chi connectivity index (χ2v) is 4.21. The number of carbonyl (C=O) groups excluding carboxylic acids is 1. The van der Waals surface area contributed by atoms with E-state index >= 15 is 0 Å². The molecular formula is C15H13F2N3O. The lowest BCUT2D eigenvalue weighted by molar-refractivity contribution is -0.119. The molecule has 0 heterocycles. The summed E-state index contributed by atoms with van der Waals surface area (Å²) in [6, 6.07) is 11.4. The van der Waals surface area contributed by atoms with Gasteiger partial charge in [0.1, 0.15) is 11.6 Å². The molecule has 6 heteroatoms. The van der Waals surface area contributed by atoms with Crippen LogP contribution in [0.4, 0.5) is 14.5 Å². The van der Waals surface area contributed by atoms with Gasteiger partial charge in [0.2, 0.25) is 0 Å².